The first kappa shape index (κ1) is 16.2. The number of nitrogens with one attached hydrogen (secondary N) is 1. The van der Waals surface area contributed by atoms with Gasteiger partial charge in [-0.1, -0.05) is 48.5 Å². The molecule has 4 nitrogen and oxygen atoms in total. The van der Waals surface area contributed by atoms with Crippen LogP contribution in [0.15, 0.2) is 48.5 Å². The molecule has 0 radical (unpaired) electrons. The Balaban J connectivity index is 1.55. The van der Waals surface area contributed by atoms with Gasteiger partial charge in [-0.3, -0.25) is 0 Å². The van der Waals surface area contributed by atoms with E-state index in [0.717, 1.165) is 22.3 Å². The van der Waals surface area contributed by atoms with Crippen LogP contribution in [-0.4, -0.2) is 25.3 Å². The Bertz CT molecular complexity index is 744. The lowest BCUT2D eigenvalue weighted by atomic mass is 10.1. The minimum absolute atomic E-state index is 0.0230. The van der Waals surface area contributed by atoms with Crippen LogP contribution in [0.2, 0.25) is 0 Å². The van der Waals surface area contributed by atoms with E-state index in [4.69, 9.17) is 5.11 Å². The molecule has 3 rings (SSSR count). The van der Waals surface area contributed by atoms with E-state index in [0.29, 0.717) is 25.8 Å². The number of aliphatic hydroxyl groups is 1. The third kappa shape index (κ3) is 3.80. The van der Waals surface area contributed by atoms with Gasteiger partial charge in [-0.05, 0) is 41.5 Å². The molecule has 0 fully saturated rings. The van der Waals surface area contributed by atoms with Crippen LogP contribution in [0.25, 0.3) is 0 Å². The summed E-state index contributed by atoms with van der Waals surface area (Å²) in [7, 11) is -3.30. The number of rotatable bonds is 6. The molecule has 0 saturated carbocycles. The minimum atomic E-state index is -3.30. The molecule has 0 spiro atoms. The largest absolute Gasteiger partial charge is 0.392 e. The van der Waals surface area contributed by atoms with E-state index < -0.39 is 10.0 Å². The van der Waals surface area contributed by atoms with Crippen molar-refractivity contribution in [2.45, 2.75) is 31.1 Å². The number of sulfonamides is 1. The maximum absolute atomic E-state index is 12.4. The number of benzene rings is 2. The molecule has 23 heavy (non-hydrogen) atoms. The summed E-state index contributed by atoms with van der Waals surface area (Å²) in [6, 6.07) is 15.5. The molecule has 1 aliphatic rings. The van der Waals surface area contributed by atoms with Crippen LogP contribution in [0.3, 0.4) is 0 Å². The lowest BCUT2D eigenvalue weighted by molar-refractivity contribution is 0.282. The topological polar surface area (TPSA) is 66.4 Å². The lowest BCUT2D eigenvalue weighted by Crippen LogP contribution is -2.36. The smallest absolute Gasteiger partial charge is 0.215 e. The highest BCUT2D eigenvalue weighted by Gasteiger charge is 2.31. The Morgan fingerprint density at radius 2 is 1.52 bits per heavy atom. The molecule has 0 bridgehead atoms. The minimum Gasteiger partial charge on any atom is -0.392 e. The van der Waals surface area contributed by atoms with Gasteiger partial charge < -0.3 is 5.11 Å². The predicted octanol–water partition coefficient (Wildman–Crippen LogP) is 1.81. The summed E-state index contributed by atoms with van der Waals surface area (Å²) in [6.45, 7) is 0.419. The van der Waals surface area contributed by atoms with Crippen molar-refractivity contribution < 1.29 is 13.5 Å². The van der Waals surface area contributed by atoms with Gasteiger partial charge in [0.25, 0.3) is 0 Å². The molecule has 0 unspecified atom stereocenters. The fraction of sp³-hybridized carbons (Fsp3) is 0.333. The zero-order valence-corrected chi connectivity index (χ0v) is 13.7. The molecule has 0 aliphatic heterocycles. The zero-order chi connectivity index (χ0) is 16.3. The molecule has 0 heterocycles. The Morgan fingerprint density at radius 1 is 0.957 bits per heavy atom. The van der Waals surface area contributed by atoms with Crippen LogP contribution >= 0.6 is 0 Å². The fourth-order valence-corrected chi connectivity index (χ4v) is 4.42. The van der Waals surface area contributed by atoms with Gasteiger partial charge in [-0.25, -0.2) is 13.1 Å². The number of hydrogen-bond donors (Lipinski definition) is 2. The first-order valence-corrected chi connectivity index (χ1v) is 9.37. The summed E-state index contributed by atoms with van der Waals surface area (Å²) in [6.07, 6.45) is 1.83. The summed E-state index contributed by atoms with van der Waals surface area (Å²) in [5, 5.41) is 8.65. The van der Waals surface area contributed by atoms with Crippen LogP contribution in [0, 0.1) is 0 Å². The summed E-state index contributed by atoms with van der Waals surface area (Å²) < 4.78 is 27.6. The summed E-state index contributed by atoms with van der Waals surface area (Å²) in [4.78, 5) is 0. The average Bonchev–Trinajstić information content (AvgIpc) is 3.00. The van der Waals surface area contributed by atoms with Gasteiger partial charge in [0.15, 0.2) is 0 Å². The molecular formula is C18H21NO3S. The number of fused-ring (bicyclic) bond motifs is 1. The quantitative estimate of drug-likeness (QED) is 0.848. The first-order valence-electron chi connectivity index (χ1n) is 7.82. The molecule has 0 aromatic heterocycles. The van der Waals surface area contributed by atoms with Crippen LogP contribution < -0.4 is 4.72 Å². The van der Waals surface area contributed by atoms with Crippen LogP contribution in [-0.2, 0) is 35.9 Å². The number of aliphatic hydroxyl groups excluding tert-OH is 1. The van der Waals surface area contributed by atoms with E-state index >= 15 is 0 Å². The SMILES string of the molecule is O=S(=O)(NCCc1ccc(CO)cc1)C1Cc2ccccc2C1. The molecule has 122 valence electrons. The second-order valence-corrected chi connectivity index (χ2v) is 8.01. The van der Waals surface area contributed by atoms with Gasteiger partial charge in [-0.2, -0.15) is 0 Å². The highest BCUT2D eigenvalue weighted by molar-refractivity contribution is 7.90. The van der Waals surface area contributed by atoms with Crippen LogP contribution in [0.5, 0.6) is 0 Å². The fourth-order valence-electron chi connectivity index (χ4n) is 3.00. The molecule has 0 saturated heterocycles. The van der Waals surface area contributed by atoms with E-state index in [1.165, 1.54) is 0 Å². The lowest BCUT2D eigenvalue weighted by Gasteiger charge is -2.12. The standard InChI is InChI=1S/C18H21NO3S/c20-13-15-7-5-14(6-8-15)9-10-19-23(21,22)18-11-16-3-1-2-4-17(16)12-18/h1-8,18-20H,9-13H2. The van der Waals surface area contributed by atoms with Crippen molar-refractivity contribution in [1.29, 1.82) is 0 Å². The van der Waals surface area contributed by atoms with E-state index in [-0.39, 0.29) is 11.9 Å². The molecule has 0 amide bonds. The summed E-state index contributed by atoms with van der Waals surface area (Å²) in [5.41, 5.74) is 4.20. The van der Waals surface area contributed by atoms with Crippen molar-refractivity contribution in [3.63, 3.8) is 0 Å². The molecule has 2 aromatic carbocycles. The molecule has 2 aromatic rings. The van der Waals surface area contributed by atoms with Crippen molar-refractivity contribution in [2.24, 2.45) is 0 Å². The van der Waals surface area contributed by atoms with Crippen molar-refractivity contribution >= 4 is 10.0 Å². The molecular weight excluding hydrogens is 310 g/mol. The van der Waals surface area contributed by atoms with E-state index in [1.54, 1.807) is 0 Å². The number of hydrogen-bond acceptors (Lipinski definition) is 3. The predicted molar refractivity (Wildman–Crippen MR) is 90.6 cm³/mol. The van der Waals surface area contributed by atoms with E-state index in [1.807, 2.05) is 48.5 Å². The Kier molecular flexibility index (Phi) is 4.80. The summed E-state index contributed by atoms with van der Waals surface area (Å²) in [5.74, 6) is 0. The van der Waals surface area contributed by atoms with Gasteiger partial charge in [0.05, 0.1) is 11.9 Å². The van der Waals surface area contributed by atoms with Crippen LogP contribution in [0.4, 0.5) is 0 Å². The van der Waals surface area contributed by atoms with Crippen molar-refractivity contribution in [1.82, 2.24) is 4.72 Å². The molecule has 0 atom stereocenters. The first-order chi connectivity index (χ1) is 11.1. The maximum atomic E-state index is 12.4. The van der Waals surface area contributed by atoms with Gasteiger partial charge in [-0.15, -0.1) is 0 Å². The Labute approximate surface area is 137 Å². The molecule has 1 aliphatic carbocycles. The average molecular weight is 331 g/mol. The maximum Gasteiger partial charge on any atom is 0.215 e. The second kappa shape index (κ2) is 6.83. The van der Waals surface area contributed by atoms with Gasteiger partial charge in [0.2, 0.25) is 10.0 Å². The highest BCUT2D eigenvalue weighted by atomic mass is 32.2. The normalized spacial score (nSPS) is 14.8. The third-order valence-corrected chi connectivity index (χ3v) is 6.19. The monoisotopic (exact) mass is 331 g/mol. The Morgan fingerprint density at radius 3 is 2.09 bits per heavy atom. The second-order valence-electron chi connectivity index (χ2n) is 5.96. The van der Waals surface area contributed by atoms with Crippen LogP contribution in [0.1, 0.15) is 22.3 Å². The molecule has 5 heteroatoms. The van der Waals surface area contributed by atoms with Crippen molar-refractivity contribution in [2.75, 3.05) is 6.54 Å². The van der Waals surface area contributed by atoms with Gasteiger partial charge in [0, 0.05) is 6.54 Å². The van der Waals surface area contributed by atoms with E-state index in [2.05, 4.69) is 4.72 Å². The summed E-state index contributed by atoms with van der Waals surface area (Å²) >= 11 is 0. The van der Waals surface area contributed by atoms with Crippen molar-refractivity contribution in [3.05, 3.63) is 70.8 Å². The van der Waals surface area contributed by atoms with Crippen molar-refractivity contribution in [3.8, 4) is 0 Å². The third-order valence-electron chi connectivity index (χ3n) is 4.37. The van der Waals surface area contributed by atoms with Gasteiger partial charge >= 0.3 is 0 Å². The van der Waals surface area contributed by atoms with E-state index in [9.17, 15) is 8.42 Å². The highest BCUT2D eigenvalue weighted by Crippen LogP contribution is 2.25. The zero-order valence-electron chi connectivity index (χ0n) is 12.9. The van der Waals surface area contributed by atoms with Gasteiger partial charge in [0.1, 0.15) is 0 Å². The Hall–Kier alpha value is -1.69. The molecule has 2 N–H and O–H groups in total.